The molecule has 1 fully saturated rings. The van der Waals surface area contributed by atoms with E-state index in [4.69, 9.17) is 18.5 Å². The lowest BCUT2D eigenvalue weighted by Crippen LogP contribution is -2.64. The van der Waals surface area contributed by atoms with Crippen molar-refractivity contribution in [1.82, 2.24) is 0 Å². The van der Waals surface area contributed by atoms with E-state index in [1.54, 1.807) is 0 Å². The number of ether oxygens (including phenoxy) is 2. The molecule has 0 aromatic carbocycles. The van der Waals surface area contributed by atoms with Crippen molar-refractivity contribution in [1.29, 1.82) is 0 Å². The maximum atomic E-state index is 12.8. The quantitative estimate of drug-likeness (QED) is 0.0150. The summed E-state index contributed by atoms with van der Waals surface area (Å²) in [5, 5.41) is 50.1. The number of aliphatic hydroxyl groups is 5. The van der Waals surface area contributed by atoms with E-state index in [2.05, 4.69) is 74.6 Å². The summed E-state index contributed by atoms with van der Waals surface area (Å²) in [4.78, 5) is 23.1. The highest BCUT2D eigenvalue weighted by Gasteiger charge is 2.51. The number of hydrogen-bond donors (Lipinski definition) is 6. The molecule has 1 rings (SSSR count). The third-order valence-electron chi connectivity index (χ3n) is 10.1. The molecule has 1 saturated carbocycles. The Morgan fingerprint density at radius 3 is 1.50 bits per heavy atom. The average molecular weight is 869 g/mol. The summed E-state index contributed by atoms with van der Waals surface area (Å²) >= 11 is 0. The highest BCUT2D eigenvalue weighted by molar-refractivity contribution is 7.47. The van der Waals surface area contributed by atoms with Gasteiger partial charge in [-0.05, 0) is 70.6 Å². The fourth-order valence-corrected chi connectivity index (χ4v) is 7.44. The number of phosphoric acid groups is 1. The molecule has 0 saturated heterocycles. The van der Waals surface area contributed by atoms with Crippen LogP contribution in [-0.2, 0) is 27.9 Å². The van der Waals surface area contributed by atoms with Gasteiger partial charge in [-0.25, -0.2) is 4.57 Å². The van der Waals surface area contributed by atoms with Crippen LogP contribution in [0, 0.1) is 0 Å². The second kappa shape index (κ2) is 37.3. The maximum absolute atomic E-state index is 12.8. The molecule has 0 spiro atoms. The fraction of sp³-hybridized carbons (Fsp3) is 0.723. The number of esters is 1. The van der Waals surface area contributed by atoms with E-state index in [0.29, 0.717) is 19.4 Å². The molecule has 6 atom stereocenters. The number of unbranched alkanes of at least 4 members (excludes halogenated alkanes) is 13. The molecule has 0 bridgehead atoms. The molecule has 0 aromatic heterocycles. The van der Waals surface area contributed by atoms with Gasteiger partial charge in [0, 0.05) is 6.42 Å². The van der Waals surface area contributed by atoms with Crippen molar-refractivity contribution in [2.45, 2.75) is 198 Å². The minimum absolute atomic E-state index is 0.136. The molecule has 1 aliphatic rings. The van der Waals surface area contributed by atoms with Crippen LogP contribution in [0.4, 0.5) is 0 Å². The van der Waals surface area contributed by atoms with Gasteiger partial charge >= 0.3 is 13.8 Å². The van der Waals surface area contributed by atoms with Crippen LogP contribution in [0.5, 0.6) is 0 Å². The van der Waals surface area contributed by atoms with E-state index >= 15 is 0 Å². The largest absolute Gasteiger partial charge is 0.472 e. The van der Waals surface area contributed by atoms with Gasteiger partial charge in [-0.2, -0.15) is 0 Å². The van der Waals surface area contributed by atoms with E-state index in [1.807, 2.05) is 12.2 Å². The van der Waals surface area contributed by atoms with Crippen molar-refractivity contribution in [3.8, 4) is 0 Å². The van der Waals surface area contributed by atoms with Crippen molar-refractivity contribution in [3.05, 3.63) is 72.9 Å². The maximum Gasteiger partial charge on any atom is 0.472 e. The lowest BCUT2D eigenvalue weighted by Gasteiger charge is -2.41. The van der Waals surface area contributed by atoms with Gasteiger partial charge in [0.2, 0.25) is 0 Å². The summed E-state index contributed by atoms with van der Waals surface area (Å²) in [6, 6.07) is 0. The van der Waals surface area contributed by atoms with Gasteiger partial charge in [-0.1, -0.05) is 151 Å². The van der Waals surface area contributed by atoms with Crippen LogP contribution in [0.25, 0.3) is 0 Å². The van der Waals surface area contributed by atoms with E-state index in [1.165, 1.54) is 57.8 Å². The summed E-state index contributed by atoms with van der Waals surface area (Å²) in [7, 11) is -5.04. The molecule has 346 valence electrons. The molecule has 6 N–H and O–H groups in total. The number of carbonyl (C=O) groups is 1. The van der Waals surface area contributed by atoms with Crippen LogP contribution < -0.4 is 0 Å². The molecule has 0 aromatic rings. The van der Waals surface area contributed by atoms with Crippen molar-refractivity contribution >= 4 is 13.8 Å². The van der Waals surface area contributed by atoms with Gasteiger partial charge in [-0.15, -0.1) is 0 Å². The highest BCUT2D eigenvalue weighted by Crippen LogP contribution is 2.47. The lowest BCUT2D eigenvalue weighted by atomic mass is 9.85. The third-order valence-corrected chi connectivity index (χ3v) is 11.1. The van der Waals surface area contributed by atoms with Crippen LogP contribution in [0.2, 0.25) is 0 Å². The standard InChI is InChI=1S/C47H81O12P/c1-3-5-7-9-11-13-15-17-19-21-22-24-26-28-30-32-34-36-41(48)58-40(39-57-60(54,55)59-47-45(52)43(50)42(49)44(51)46(47)53)38-56-37-35-33-31-29-27-25-23-20-18-16-14-12-10-8-6-4-2/h6,8,12,14,17-20,25,27,31,33,40,42-47,49-53H,3-5,7,9-11,13,15-16,21-24,26,28-30,32,34-39H2,1-2H3,(H,54,55)/b8-6-,14-12-,19-17-,20-18-,27-25-,33-31-. The second-order valence-electron chi connectivity index (χ2n) is 15.5. The Kier molecular flexibility index (Phi) is 34.7. The zero-order chi connectivity index (χ0) is 44.1. The van der Waals surface area contributed by atoms with Crippen molar-refractivity contribution in [2.75, 3.05) is 19.8 Å². The highest BCUT2D eigenvalue weighted by atomic mass is 31.2. The Morgan fingerprint density at radius 1 is 0.550 bits per heavy atom. The summed E-state index contributed by atoms with van der Waals surface area (Å²) < 4.78 is 34.0. The molecular formula is C47H81O12P. The minimum atomic E-state index is -5.04. The van der Waals surface area contributed by atoms with Crippen molar-refractivity contribution in [3.63, 3.8) is 0 Å². The van der Waals surface area contributed by atoms with E-state index < -0.39 is 63.1 Å². The SMILES string of the molecule is CC/C=C\C/C=C\C/C=C\C/C=C\C/C=C\CCOCC(COP(=O)(O)OC1C(O)C(O)C(O)C(O)C1O)OC(=O)CCCCCCCCC/C=C\CCCCCCCC. The monoisotopic (exact) mass is 869 g/mol. The average Bonchev–Trinajstić information content (AvgIpc) is 3.23. The molecule has 0 radical (unpaired) electrons. The summed E-state index contributed by atoms with van der Waals surface area (Å²) in [6.07, 6.45) is 35.6. The van der Waals surface area contributed by atoms with Gasteiger partial charge < -0.3 is 39.9 Å². The first-order valence-electron chi connectivity index (χ1n) is 22.8. The third kappa shape index (κ3) is 29.1. The number of allylic oxidation sites excluding steroid dienone is 11. The summed E-state index contributed by atoms with van der Waals surface area (Å²) in [5.74, 6) is -0.509. The predicted octanol–water partition coefficient (Wildman–Crippen LogP) is 9.19. The Hall–Kier alpha value is -2.22. The number of hydrogen-bond acceptors (Lipinski definition) is 11. The van der Waals surface area contributed by atoms with E-state index in [0.717, 1.165) is 64.2 Å². The first kappa shape index (κ1) is 55.8. The lowest BCUT2D eigenvalue weighted by molar-refractivity contribution is -0.220. The predicted molar refractivity (Wildman–Crippen MR) is 239 cm³/mol. The van der Waals surface area contributed by atoms with Gasteiger partial charge in [0.25, 0.3) is 0 Å². The molecule has 60 heavy (non-hydrogen) atoms. The van der Waals surface area contributed by atoms with Gasteiger partial charge in [0.15, 0.2) is 0 Å². The zero-order valence-corrected chi connectivity index (χ0v) is 37.6. The molecule has 12 nitrogen and oxygen atoms in total. The number of rotatable bonds is 37. The fourth-order valence-electron chi connectivity index (χ4n) is 6.47. The molecule has 6 unspecified atom stereocenters. The van der Waals surface area contributed by atoms with Crippen LogP contribution in [0.1, 0.15) is 155 Å². The van der Waals surface area contributed by atoms with Gasteiger partial charge in [-0.3, -0.25) is 13.8 Å². The first-order chi connectivity index (χ1) is 29.0. The Labute approximate surface area is 361 Å². The van der Waals surface area contributed by atoms with Crippen LogP contribution in [0.3, 0.4) is 0 Å². The van der Waals surface area contributed by atoms with Crippen LogP contribution in [-0.4, -0.2) is 98.9 Å². The van der Waals surface area contributed by atoms with Crippen molar-refractivity contribution < 1.29 is 58.3 Å². The van der Waals surface area contributed by atoms with E-state index in [9.17, 15) is 39.8 Å². The van der Waals surface area contributed by atoms with Crippen molar-refractivity contribution in [2.24, 2.45) is 0 Å². The second-order valence-corrected chi connectivity index (χ2v) is 16.9. The number of phosphoric ester groups is 1. The van der Waals surface area contributed by atoms with E-state index in [-0.39, 0.29) is 13.0 Å². The first-order valence-corrected chi connectivity index (χ1v) is 24.3. The Bertz CT molecular complexity index is 1260. The van der Waals surface area contributed by atoms with Crippen LogP contribution >= 0.6 is 7.82 Å². The molecule has 0 heterocycles. The number of carbonyl (C=O) groups excluding carboxylic acids is 1. The summed E-state index contributed by atoms with van der Waals surface area (Å²) in [5.41, 5.74) is 0. The number of aliphatic hydroxyl groups excluding tert-OH is 5. The van der Waals surface area contributed by atoms with Crippen LogP contribution in [0.15, 0.2) is 72.9 Å². The van der Waals surface area contributed by atoms with Gasteiger partial charge in [0.1, 0.15) is 42.7 Å². The molecule has 1 aliphatic carbocycles. The Morgan fingerprint density at radius 2 is 0.983 bits per heavy atom. The topological polar surface area (TPSA) is 192 Å². The minimum Gasteiger partial charge on any atom is -0.457 e. The molecular weight excluding hydrogens is 787 g/mol. The normalized spacial score (nSPS) is 23.0. The molecule has 13 heteroatoms. The molecule has 0 amide bonds. The summed E-state index contributed by atoms with van der Waals surface area (Å²) in [6.45, 7) is 3.91. The zero-order valence-electron chi connectivity index (χ0n) is 36.7. The molecule has 0 aliphatic heterocycles. The van der Waals surface area contributed by atoms with Gasteiger partial charge in [0.05, 0.1) is 19.8 Å². The Balaban J connectivity index is 2.46. The smallest absolute Gasteiger partial charge is 0.457 e.